The Morgan fingerprint density at radius 1 is 1.06 bits per heavy atom. The highest BCUT2D eigenvalue weighted by Gasteiger charge is 2.11. The van der Waals surface area contributed by atoms with E-state index in [0.717, 1.165) is 6.42 Å². The molecule has 0 aliphatic carbocycles. The van der Waals surface area contributed by atoms with Crippen molar-refractivity contribution in [1.29, 1.82) is 0 Å². The molecule has 0 aromatic rings. The molecule has 108 valence electrons. The van der Waals surface area contributed by atoms with Gasteiger partial charge in [-0.05, 0) is 37.5 Å². The number of rotatable bonds is 10. The molecule has 2 N–H and O–H groups in total. The third kappa shape index (κ3) is 12.2. The molecule has 0 aliphatic rings. The van der Waals surface area contributed by atoms with Crippen molar-refractivity contribution in [2.24, 2.45) is 11.1 Å². The van der Waals surface area contributed by atoms with Crippen molar-refractivity contribution in [3.05, 3.63) is 12.2 Å². The van der Waals surface area contributed by atoms with Crippen LogP contribution in [0.2, 0.25) is 0 Å². The lowest BCUT2D eigenvalue weighted by Crippen LogP contribution is -2.19. The van der Waals surface area contributed by atoms with E-state index in [1.165, 1.54) is 56.9 Å². The molecule has 1 unspecified atom stereocenters. The minimum atomic E-state index is 0.383. The molecule has 0 saturated heterocycles. The zero-order chi connectivity index (χ0) is 14.0. The molecule has 0 rings (SSSR count). The van der Waals surface area contributed by atoms with Gasteiger partial charge in [0.1, 0.15) is 0 Å². The lowest BCUT2D eigenvalue weighted by molar-refractivity contribution is 0.402. The van der Waals surface area contributed by atoms with Gasteiger partial charge in [-0.2, -0.15) is 0 Å². The van der Waals surface area contributed by atoms with E-state index >= 15 is 0 Å². The van der Waals surface area contributed by atoms with Gasteiger partial charge in [0.2, 0.25) is 0 Å². The molecule has 0 amide bonds. The molecule has 0 bridgehead atoms. The lowest BCUT2D eigenvalue weighted by Gasteiger charge is -2.19. The Morgan fingerprint density at radius 3 is 2.11 bits per heavy atom. The van der Waals surface area contributed by atoms with Gasteiger partial charge >= 0.3 is 0 Å². The van der Waals surface area contributed by atoms with E-state index in [2.05, 4.69) is 34.3 Å². The Bertz CT molecular complexity index is 212. The van der Waals surface area contributed by atoms with E-state index in [0.29, 0.717) is 11.5 Å². The highest BCUT2D eigenvalue weighted by molar-refractivity contribution is 4.97. The van der Waals surface area contributed by atoms with E-state index in [-0.39, 0.29) is 0 Å². The van der Waals surface area contributed by atoms with Crippen LogP contribution in [0.1, 0.15) is 85.5 Å². The summed E-state index contributed by atoms with van der Waals surface area (Å²) in [6.45, 7) is 13.3. The molecule has 0 aromatic heterocycles. The van der Waals surface area contributed by atoms with Crippen LogP contribution in [-0.4, -0.2) is 6.04 Å². The Hall–Kier alpha value is -0.300. The Labute approximate surface area is 115 Å². The number of hydrogen-bond donors (Lipinski definition) is 1. The monoisotopic (exact) mass is 253 g/mol. The number of nitrogens with two attached hydrogens (primary N) is 1. The van der Waals surface area contributed by atoms with Crippen molar-refractivity contribution in [3.8, 4) is 0 Å². The van der Waals surface area contributed by atoms with Crippen molar-refractivity contribution >= 4 is 0 Å². The Morgan fingerprint density at radius 2 is 1.61 bits per heavy atom. The lowest BCUT2D eigenvalue weighted by atomic mass is 9.86. The van der Waals surface area contributed by atoms with Gasteiger partial charge in [-0.15, -0.1) is 0 Å². The van der Waals surface area contributed by atoms with E-state index in [9.17, 15) is 0 Å². The quantitative estimate of drug-likeness (QED) is 0.407. The second kappa shape index (κ2) is 9.61. The van der Waals surface area contributed by atoms with Crippen LogP contribution in [0.5, 0.6) is 0 Å². The summed E-state index contributed by atoms with van der Waals surface area (Å²) in [7, 11) is 0. The molecule has 1 atom stereocenters. The second-order valence-electron chi connectivity index (χ2n) is 6.99. The van der Waals surface area contributed by atoms with Gasteiger partial charge in [0.15, 0.2) is 0 Å². The van der Waals surface area contributed by atoms with Crippen molar-refractivity contribution < 1.29 is 0 Å². The highest BCUT2D eigenvalue weighted by atomic mass is 14.6. The van der Waals surface area contributed by atoms with Gasteiger partial charge in [0.25, 0.3) is 0 Å². The first-order chi connectivity index (χ1) is 8.35. The fraction of sp³-hybridized carbons (Fsp3) is 0.882. The average Bonchev–Trinajstić information content (AvgIpc) is 2.22. The molecular formula is C17H35N. The SMILES string of the molecule is C=C(CCCCC(N)CCCCC)CC(C)(C)C. The summed E-state index contributed by atoms with van der Waals surface area (Å²) in [5.41, 5.74) is 7.90. The summed E-state index contributed by atoms with van der Waals surface area (Å²) in [6.07, 6.45) is 11.2. The normalized spacial score (nSPS) is 13.6. The topological polar surface area (TPSA) is 26.0 Å². The zero-order valence-corrected chi connectivity index (χ0v) is 13.2. The number of allylic oxidation sites excluding steroid dienone is 1. The first kappa shape index (κ1) is 17.7. The van der Waals surface area contributed by atoms with Gasteiger partial charge in [-0.1, -0.05) is 65.5 Å². The van der Waals surface area contributed by atoms with Crippen LogP contribution in [0.3, 0.4) is 0 Å². The van der Waals surface area contributed by atoms with Crippen LogP contribution in [-0.2, 0) is 0 Å². The molecular weight excluding hydrogens is 218 g/mol. The van der Waals surface area contributed by atoms with Gasteiger partial charge in [0, 0.05) is 6.04 Å². The predicted molar refractivity (Wildman–Crippen MR) is 83.8 cm³/mol. The molecule has 1 heteroatoms. The van der Waals surface area contributed by atoms with Gasteiger partial charge in [-0.25, -0.2) is 0 Å². The summed E-state index contributed by atoms with van der Waals surface area (Å²) in [5, 5.41) is 0. The summed E-state index contributed by atoms with van der Waals surface area (Å²) in [4.78, 5) is 0. The summed E-state index contributed by atoms with van der Waals surface area (Å²) in [6, 6.07) is 0.424. The van der Waals surface area contributed by atoms with Crippen LogP contribution in [0.15, 0.2) is 12.2 Å². The van der Waals surface area contributed by atoms with E-state index < -0.39 is 0 Å². The first-order valence-corrected chi connectivity index (χ1v) is 7.77. The molecule has 18 heavy (non-hydrogen) atoms. The van der Waals surface area contributed by atoms with Gasteiger partial charge < -0.3 is 5.73 Å². The second-order valence-corrected chi connectivity index (χ2v) is 6.99. The van der Waals surface area contributed by atoms with Crippen LogP contribution >= 0.6 is 0 Å². The van der Waals surface area contributed by atoms with Crippen LogP contribution in [0.4, 0.5) is 0 Å². The number of unbranched alkanes of at least 4 members (excludes halogenated alkanes) is 3. The van der Waals surface area contributed by atoms with Gasteiger partial charge in [-0.3, -0.25) is 0 Å². The van der Waals surface area contributed by atoms with E-state index in [1.807, 2.05) is 0 Å². The highest BCUT2D eigenvalue weighted by Crippen LogP contribution is 2.25. The van der Waals surface area contributed by atoms with Crippen LogP contribution in [0.25, 0.3) is 0 Å². The fourth-order valence-corrected chi connectivity index (χ4v) is 2.42. The van der Waals surface area contributed by atoms with Crippen molar-refractivity contribution in [2.75, 3.05) is 0 Å². The van der Waals surface area contributed by atoms with Crippen molar-refractivity contribution in [3.63, 3.8) is 0 Å². The molecule has 0 aromatic carbocycles. The van der Waals surface area contributed by atoms with Gasteiger partial charge in [0.05, 0.1) is 0 Å². The third-order valence-corrected chi connectivity index (χ3v) is 3.31. The van der Waals surface area contributed by atoms with Crippen molar-refractivity contribution in [2.45, 2.75) is 91.5 Å². The molecule has 0 saturated carbocycles. The number of hydrogen-bond acceptors (Lipinski definition) is 1. The van der Waals surface area contributed by atoms with Crippen LogP contribution < -0.4 is 5.73 Å². The minimum absolute atomic E-state index is 0.383. The molecule has 0 aliphatic heterocycles. The summed E-state index contributed by atoms with van der Waals surface area (Å²) in [5.74, 6) is 0. The zero-order valence-electron chi connectivity index (χ0n) is 13.2. The smallest absolute Gasteiger partial charge is 0.00388 e. The van der Waals surface area contributed by atoms with Crippen molar-refractivity contribution in [1.82, 2.24) is 0 Å². The summed E-state index contributed by atoms with van der Waals surface area (Å²) < 4.78 is 0. The maximum absolute atomic E-state index is 6.11. The molecule has 1 nitrogen and oxygen atoms in total. The summed E-state index contributed by atoms with van der Waals surface area (Å²) >= 11 is 0. The maximum Gasteiger partial charge on any atom is 0.00388 e. The van der Waals surface area contributed by atoms with E-state index in [4.69, 9.17) is 5.73 Å². The standard InChI is InChI=1S/C17H35N/c1-6-7-8-12-16(18)13-10-9-11-15(2)14-17(3,4)5/h16H,2,6-14,18H2,1,3-5H3. The van der Waals surface area contributed by atoms with Crippen LogP contribution in [0, 0.1) is 5.41 Å². The average molecular weight is 253 g/mol. The van der Waals surface area contributed by atoms with E-state index in [1.54, 1.807) is 0 Å². The molecule has 0 spiro atoms. The molecule has 0 fully saturated rings. The predicted octanol–water partition coefficient (Wildman–Crippen LogP) is 5.45. The maximum atomic E-state index is 6.11. The molecule has 0 radical (unpaired) electrons. The first-order valence-electron chi connectivity index (χ1n) is 7.77. The Balaban J connectivity index is 3.47. The third-order valence-electron chi connectivity index (χ3n) is 3.31. The largest absolute Gasteiger partial charge is 0.328 e. The molecule has 0 heterocycles. The Kier molecular flexibility index (Phi) is 9.45. The fourth-order valence-electron chi connectivity index (χ4n) is 2.42. The minimum Gasteiger partial charge on any atom is -0.328 e.